The van der Waals surface area contributed by atoms with Gasteiger partial charge in [-0.2, -0.15) is 0 Å². The van der Waals surface area contributed by atoms with Gasteiger partial charge in [-0.15, -0.1) is 11.3 Å². The lowest BCUT2D eigenvalue weighted by molar-refractivity contribution is 0.102. The van der Waals surface area contributed by atoms with Gasteiger partial charge in [0, 0.05) is 23.1 Å². The van der Waals surface area contributed by atoms with Crippen molar-refractivity contribution in [3.05, 3.63) is 46.3 Å². The Kier molecular flexibility index (Phi) is 4.73. The Hall–Kier alpha value is -2.45. The predicted octanol–water partition coefficient (Wildman–Crippen LogP) is 4.47. The van der Waals surface area contributed by atoms with Gasteiger partial charge in [0.1, 0.15) is 17.3 Å². The summed E-state index contributed by atoms with van der Waals surface area (Å²) in [5.74, 6) is 1.29. The first-order valence-corrected chi connectivity index (χ1v) is 8.70. The van der Waals surface area contributed by atoms with Gasteiger partial charge in [0.25, 0.3) is 5.91 Å². The predicted molar refractivity (Wildman–Crippen MR) is 97.8 cm³/mol. The van der Waals surface area contributed by atoms with Crippen LogP contribution in [-0.2, 0) is 5.41 Å². The summed E-state index contributed by atoms with van der Waals surface area (Å²) in [6, 6.07) is 5.16. The van der Waals surface area contributed by atoms with Gasteiger partial charge in [0.05, 0.1) is 5.02 Å². The Morgan fingerprint density at radius 1 is 1.28 bits per heavy atom. The van der Waals surface area contributed by atoms with Crippen LogP contribution in [0.2, 0.25) is 5.02 Å². The van der Waals surface area contributed by atoms with Crippen molar-refractivity contribution < 1.29 is 9.32 Å². The first-order chi connectivity index (χ1) is 11.8. The minimum Gasteiger partial charge on any atom is -0.359 e. The summed E-state index contributed by atoms with van der Waals surface area (Å²) in [7, 11) is 0. The van der Waals surface area contributed by atoms with Gasteiger partial charge in [0.15, 0.2) is 10.9 Å². The summed E-state index contributed by atoms with van der Waals surface area (Å²) < 4.78 is 5.25. The number of aromatic nitrogens is 3. The van der Waals surface area contributed by atoms with Crippen LogP contribution in [0.4, 0.5) is 16.8 Å². The lowest BCUT2D eigenvalue weighted by atomic mass is 9.93. The first kappa shape index (κ1) is 17.4. The molecule has 3 rings (SSSR count). The Labute approximate surface area is 153 Å². The maximum Gasteiger partial charge on any atom is 0.276 e. The lowest BCUT2D eigenvalue weighted by Gasteiger charge is -2.11. The minimum absolute atomic E-state index is 0.181. The zero-order valence-corrected chi connectivity index (χ0v) is 15.4. The van der Waals surface area contributed by atoms with Crippen molar-refractivity contribution in [2.75, 3.05) is 10.6 Å². The lowest BCUT2D eigenvalue weighted by Crippen LogP contribution is -2.13. The maximum atomic E-state index is 12.3. The molecule has 0 bridgehead atoms. The average molecular weight is 378 g/mol. The van der Waals surface area contributed by atoms with Gasteiger partial charge in [0.2, 0.25) is 0 Å². The molecule has 130 valence electrons. The molecule has 0 aliphatic carbocycles. The highest BCUT2D eigenvalue weighted by Crippen LogP contribution is 2.25. The molecule has 0 aliphatic rings. The number of hydrogen-bond donors (Lipinski definition) is 2. The van der Waals surface area contributed by atoms with Gasteiger partial charge in [-0.1, -0.05) is 37.5 Å². The molecule has 9 heteroatoms. The van der Waals surface area contributed by atoms with Crippen LogP contribution >= 0.6 is 22.9 Å². The number of nitrogens with one attached hydrogen (secondary N) is 2. The molecule has 0 atom stereocenters. The van der Waals surface area contributed by atoms with Gasteiger partial charge in [-0.25, -0.2) is 9.97 Å². The number of amides is 1. The summed E-state index contributed by atoms with van der Waals surface area (Å²) >= 11 is 7.09. The van der Waals surface area contributed by atoms with Crippen LogP contribution in [0.25, 0.3) is 0 Å². The van der Waals surface area contributed by atoms with Crippen molar-refractivity contribution >= 4 is 45.6 Å². The fourth-order valence-electron chi connectivity index (χ4n) is 1.86. The number of rotatable bonds is 4. The molecule has 7 nitrogen and oxygen atoms in total. The van der Waals surface area contributed by atoms with Crippen LogP contribution in [0, 0.1) is 0 Å². The van der Waals surface area contributed by atoms with E-state index in [1.165, 1.54) is 17.5 Å². The van der Waals surface area contributed by atoms with E-state index in [4.69, 9.17) is 16.1 Å². The van der Waals surface area contributed by atoms with Gasteiger partial charge >= 0.3 is 0 Å². The fraction of sp³-hybridized carbons (Fsp3) is 0.250. The first-order valence-electron chi connectivity index (χ1n) is 7.44. The van der Waals surface area contributed by atoms with E-state index in [1.54, 1.807) is 23.6 Å². The molecule has 3 heterocycles. The second-order valence-corrected chi connectivity index (χ2v) is 7.60. The number of nitrogens with zero attached hydrogens (tertiary/aromatic N) is 3. The number of halogens is 1. The van der Waals surface area contributed by atoms with Crippen molar-refractivity contribution in [2.24, 2.45) is 0 Å². The molecule has 0 unspecified atom stereocenters. The topological polar surface area (TPSA) is 92.9 Å². The SMILES string of the molecule is CC(C)(C)c1cc(NC(=O)c2csc(Nc3ccc(Cl)cn3)n2)no1. The van der Waals surface area contributed by atoms with Crippen LogP contribution in [0.3, 0.4) is 0 Å². The summed E-state index contributed by atoms with van der Waals surface area (Å²) in [4.78, 5) is 20.6. The van der Waals surface area contributed by atoms with E-state index in [-0.39, 0.29) is 17.0 Å². The van der Waals surface area contributed by atoms with Crippen LogP contribution < -0.4 is 10.6 Å². The third-order valence-electron chi connectivity index (χ3n) is 3.19. The zero-order valence-electron chi connectivity index (χ0n) is 13.8. The second-order valence-electron chi connectivity index (χ2n) is 6.31. The van der Waals surface area contributed by atoms with Gasteiger partial charge < -0.3 is 15.2 Å². The molecule has 0 aromatic carbocycles. The van der Waals surface area contributed by atoms with Gasteiger partial charge in [-0.05, 0) is 12.1 Å². The van der Waals surface area contributed by atoms with Crippen LogP contribution in [0.1, 0.15) is 37.0 Å². The summed E-state index contributed by atoms with van der Waals surface area (Å²) in [6.07, 6.45) is 1.53. The molecule has 25 heavy (non-hydrogen) atoms. The molecule has 3 aromatic heterocycles. The summed E-state index contributed by atoms with van der Waals surface area (Å²) in [5.41, 5.74) is 0.0981. The number of anilines is 3. The Bertz CT molecular complexity index is 883. The molecule has 0 saturated heterocycles. The number of carbonyl (C=O) groups is 1. The third kappa shape index (κ3) is 4.34. The number of pyridine rings is 1. The molecule has 3 aromatic rings. The molecular weight excluding hydrogens is 362 g/mol. The Morgan fingerprint density at radius 2 is 2.08 bits per heavy atom. The van der Waals surface area contributed by atoms with E-state index < -0.39 is 0 Å². The van der Waals surface area contributed by atoms with E-state index in [9.17, 15) is 4.79 Å². The minimum atomic E-state index is -0.359. The van der Waals surface area contributed by atoms with E-state index in [2.05, 4.69) is 25.8 Å². The number of hydrogen-bond acceptors (Lipinski definition) is 7. The summed E-state index contributed by atoms with van der Waals surface area (Å²) in [5, 5.41) is 12.3. The monoisotopic (exact) mass is 377 g/mol. The van der Waals surface area contributed by atoms with E-state index in [0.717, 1.165) is 0 Å². The average Bonchev–Trinajstić information content (AvgIpc) is 3.18. The Balaban J connectivity index is 1.66. The molecule has 1 amide bonds. The highest BCUT2D eigenvalue weighted by atomic mass is 35.5. The highest BCUT2D eigenvalue weighted by Gasteiger charge is 2.21. The molecule has 0 fully saturated rings. The third-order valence-corrected chi connectivity index (χ3v) is 4.17. The van der Waals surface area contributed by atoms with Crippen molar-refractivity contribution in [3.8, 4) is 0 Å². The van der Waals surface area contributed by atoms with Crippen LogP contribution in [0.15, 0.2) is 34.3 Å². The standard InChI is InChI=1S/C16H16ClN5O2S/c1-16(2,3)11-6-13(22-24-11)20-14(23)10-8-25-15(19-10)21-12-5-4-9(17)7-18-12/h4-8H,1-3H3,(H,18,19,21)(H,20,22,23). The number of thiazole rings is 1. The zero-order chi connectivity index (χ0) is 18.0. The largest absolute Gasteiger partial charge is 0.359 e. The van der Waals surface area contributed by atoms with Crippen molar-refractivity contribution in [2.45, 2.75) is 26.2 Å². The van der Waals surface area contributed by atoms with Gasteiger partial charge in [-0.3, -0.25) is 4.79 Å². The molecular formula is C16H16ClN5O2S. The molecule has 2 N–H and O–H groups in total. The maximum absolute atomic E-state index is 12.3. The number of carbonyl (C=O) groups excluding carboxylic acids is 1. The van der Waals surface area contributed by atoms with E-state index >= 15 is 0 Å². The smallest absolute Gasteiger partial charge is 0.276 e. The van der Waals surface area contributed by atoms with Crippen LogP contribution in [-0.4, -0.2) is 21.0 Å². The van der Waals surface area contributed by atoms with E-state index in [1.807, 2.05) is 20.8 Å². The molecule has 0 aliphatic heterocycles. The van der Waals surface area contributed by atoms with Crippen LogP contribution in [0.5, 0.6) is 0 Å². The highest BCUT2D eigenvalue weighted by molar-refractivity contribution is 7.14. The fourth-order valence-corrected chi connectivity index (χ4v) is 2.67. The molecule has 0 radical (unpaired) electrons. The van der Waals surface area contributed by atoms with Crippen molar-refractivity contribution in [1.82, 2.24) is 15.1 Å². The second kappa shape index (κ2) is 6.81. The van der Waals surface area contributed by atoms with Crippen molar-refractivity contribution in [1.29, 1.82) is 0 Å². The van der Waals surface area contributed by atoms with Crippen molar-refractivity contribution in [3.63, 3.8) is 0 Å². The van der Waals surface area contributed by atoms with E-state index in [0.29, 0.717) is 27.6 Å². The normalized spacial score (nSPS) is 11.4. The molecule has 0 saturated carbocycles. The Morgan fingerprint density at radius 3 is 2.72 bits per heavy atom. The molecule has 0 spiro atoms. The summed E-state index contributed by atoms with van der Waals surface area (Å²) in [6.45, 7) is 6.01. The quantitative estimate of drug-likeness (QED) is 0.696.